The maximum Gasteiger partial charge on any atom is 0.389 e. The van der Waals surface area contributed by atoms with Gasteiger partial charge in [-0.1, -0.05) is 0 Å². The molecule has 8 heavy (non-hydrogen) atoms. The Bertz CT molecular complexity index is 125. The second kappa shape index (κ2) is 3.03. The van der Waals surface area contributed by atoms with Crippen molar-refractivity contribution in [1.29, 1.82) is 0 Å². The number of hydrogen-bond donors (Lipinski definition) is 0. The lowest BCUT2D eigenvalue weighted by molar-refractivity contribution is -0.140. The summed E-state index contributed by atoms with van der Waals surface area (Å²) in [5.41, 5.74) is 0. The van der Waals surface area contributed by atoms with E-state index in [1.165, 1.54) is 14.0 Å². The van der Waals surface area contributed by atoms with Gasteiger partial charge in [0.2, 0.25) is 0 Å². The predicted octanol–water partition coefficient (Wildman–Crippen LogP) is 0.467. The zero-order valence-corrected chi connectivity index (χ0v) is 4.84. The summed E-state index contributed by atoms with van der Waals surface area (Å²) in [6, 6.07) is -0.653. The van der Waals surface area contributed by atoms with Crippen LogP contribution in [0.4, 0.5) is 0 Å². The number of rotatable bonds is 1. The van der Waals surface area contributed by atoms with E-state index < -0.39 is 12.0 Å². The highest BCUT2D eigenvalue weighted by atomic mass is 16.5. The van der Waals surface area contributed by atoms with Crippen LogP contribution >= 0.6 is 0 Å². The van der Waals surface area contributed by atoms with Crippen molar-refractivity contribution in [2.24, 2.45) is 0 Å². The number of nitrogens with zero attached hydrogens (tertiary/aromatic N) is 1. The van der Waals surface area contributed by atoms with E-state index in [0.29, 0.717) is 0 Å². The summed E-state index contributed by atoms with van der Waals surface area (Å²) in [6.07, 6.45) is 0. The Morgan fingerprint density at radius 2 is 2.38 bits per heavy atom. The molecule has 0 aromatic carbocycles. The lowest BCUT2D eigenvalue weighted by atomic mass is 10.4. The highest BCUT2D eigenvalue weighted by molar-refractivity contribution is 5.76. The zero-order chi connectivity index (χ0) is 6.57. The number of hydrogen-bond acceptors (Lipinski definition) is 2. The molecular formula is C5H7NO2. The van der Waals surface area contributed by atoms with Crippen molar-refractivity contribution in [2.45, 2.75) is 13.0 Å². The van der Waals surface area contributed by atoms with Gasteiger partial charge in [-0.2, -0.15) is 0 Å². The molecule has 3 nitrogen and oxygen atoms in total. The summed E-state index contributed by atoms with van der Waals surface area (Å²) in [4.78, 5) is 13.2. The standard InChI is InChI=1S/C5H7NO2/c1-4(6-2)5(7)8-3/h4H,1,3H3/t4-/m0/s1. The van der Waals surface area contributed by atoms with E-state index in [4.69, 9.17) is 6.57 Å². The van der Waals surface area contributed by atoms with Gasteiger partial charge < -0.3 is 9.58 Å². The molecule has 44 valence electrons. The first-order valence-electron chi connectivity index (χ1n) is 2.16. The van der Waals surface area contributed by atoms with Crippen LogP contribution in [0.3, 0.4) is 0 Å². The topological polar surface area (TPSA) is 30.7 Å². The van der Waals surface area contributed by atoms with Crippen LogP contribution in [0.25, 0.3) is 4.85 Å². The summed E-state index contributed by atoms with van der Waals surface area (Å²) >= 11 is 0. The van der Waals surface area contributed by atoms with E-state index in [1.54, 1.807) is 0 Å². The predicted molar refractivity (Wildman–Crippen MR) is 28.1 cm³/mol. The fraction of sp³-hybridized carbons (Fsp3) is 0.600. The maximum absolute atomic E-state index is 10.3. The molecule has 1 atom stereocenters. The number of methoxy groups -OCH3 is 1. The number of esters is 1. The van der Waals surface area contributed by atoms with Gasteiger partial charge in [0.15, 0.2) is 0 Å². The average Bonchev–Trinajstić information content (AvgIpc) is 1.84. The Hall–Kier alpha value is -1.04. The molecule has 0 aliphatic carbocycles. The van der Waals surface area contributed by atoms with Crippen LogP contribution < -0.4 is 0 Å². The number of carbonyl (C=O) groups excluding carboxylic acids is 1. The molecular weight excluding hydrogens is 106 g/mol. The Morgan fingerprint density at radius 3 is 2.50 bits per heavy atom. The summed E-state index contributed by atoms with van der Waals surface area (Å²) in [7, 11) is 1.27. The third-order valence-electron chi connectivity index (χ3n) is 0.736. The largest absolute Gasteiger partial charge is 0.463 e. The monoisotopic (exact) mass is 113 g/mol. The highest BCUT2D eigenvalue weighted by Crippen LogP contribution is 1.89. The molecule has 0 unspecified atom stereocenters. The van der Waals surface area contributed by atoms with Crippen molar-refractivity contribution in [1.82, 2.24) is 0 Å². The second-order valence-electron chi connectivity index (χ2n) is 1.33. The molecule has 0 aromatic heterocycles. The van der Waals surface area contributed by atoms with Gasteiger partial charge in [0.25, 0.3) is 0 Å². The van der Waals surface area contributed by atoms with E-state index in [2.05, 4.69) is 9.58 Å². The minimum Gasteiger partial charge on any atom is -0.463 e. The van der Waals surface area contributed by atoms with Crippen LogP contribution in [0.2, 0.25) is 0 Å². The minimum absolute atomic E-state index is 0.472. The molecule has 0 saturated carbocycles. The van der Waals surface area contributed by atoms with Gasteiger partial charge in [0.05, 0.1) is 7.11 Å². The summed E-state index contributed by atoms with van der Waals surface area (Å²) in [6.45, 7) is 7.87. The third-order valence-corrected chi connectivity index (χ3v) is 0.736. The molecule has 0 rings (SSSR count). The Kier molecular flexibility index (Phi) is 2.63. The Labute approximate surface area is 48.1 Å². The molecule has 0 saturated heterocycles. The van der Waals surface area contributed by atoms with E-state index in [9.17, 15) is 4.79 Å². The van der Waals surface area contributed by atoms with Crippen molar-refractivity contribution in [3.05, 3.63) is 11.4 Å². The molecule has 0 fully saturated rings. The molecule has 0 N–H and O–H groups in total. The van der Waals surface area contributed by atoms with Gasteiger partial charge in [0.1, 0.15) is 0 Å². The molecule has 0 aliphatic heterocycles. The van der Waals surface area contributed by atoms with Gasteiger partial charge in [-0.25, -0.2) is 11.4 Å². The molecule has 0 aliphatic rings. The van der Waals surface area contributed by atoms with Crippen molar-refractivity contribution < 1.29 is 9.53 Å². The smallest absolute Gasteiger partial charge is 0.389 e. The van der Waals surface area contributed by atoms with Crippen molar-refractivity contribution in [3.63, 3.8) is 0 Å². The number of carbonyl (C=O) groups is 1. The first-order chi connectivity index (χ1) is 3.72. The van der Waals surface area contributed by atoms with Crippen LogP contribution in [0.15, 0.2) is 0 Å². The fourth-order valence-electron chi connectivity index (χ4n) is 0.223. The van der Waals surface area contributed by atoms with Gasteiger partial charge in [-0.15, -0.1) is 0 Å². The Balaban J connectivity index is 3.68. The molecule has 0 bridgehead atoms. The van der Waals surface area contributed by atoms with E-state index >= 15 is 0 Å². The van der Waals surface area contributed by atoms with Gasteiger partial charge in [-0.3, -0.25) is 0 Å². The quantitative estimate of drug-likeness (QED) is 0.365. The van der Waals surface area contributed by atoms with Crippen LogP contribution in [-0.4, -0.2) is 19.1 Å². The fourth-order valence-corrected chi connectivity index (χ4v) is 0.223. The first-order valence-corrected chi connectivity index (χ1v) is 2.16. The van der Waals surface area contributed by atoms with Gasteiger partial charge >= 0.3 is 12.0 Å². The summed E-state index contributed by atoms with van der Waals surface area (Å²) in [5, 5.41) is 0. The Morgan fingerprint density at radius 1 is 1.88 bits per heavy atom. The van der Waals surface area contributed by atoms with Gasteiger partial charge in [-0.05, 0) is 0 Å². The SMILES string of the molecule is [C-]#[N+][C@@H](C)C(=O)OC. The van der Waals surface area contributed by atoms with E-state index in [-0.39, 0.29) is 0 Å². The zero-order valence-electron chi connectivity index (χ0n) is 4.84. The molecule has 0 heterocycles. The van der Waals surface area contributed by atoms with E-state index in [1.807, 2.05) is 0 Å². The normalized spacial score (nSPS) is 11.6. The van der Waals surface area contributed by atoms with Crippen LogP contribution in [0.1, 0.15) is 6.92 Å². The maximum atomic E-state index is 10.3. The first kappa shape index (κ1) is 6.96. The molecule has 0 amide bonds. The van der Waals surface area contributed by atoms with Crippen LogP contribution in [0, 0.1) is 6.57 Å². The molecule has 0 spiro atoms. The lowest BCUT2D eigenvalue weighted by Crippen LogP contribution is -2.13. The molecule has 0 aromatic rings. The van der Waals surface area contributed by atoms with Crippen LogP contribution in [0.5, 0.6) is 0 Å². The third kappa shape index (κ3) is 1.61. The number of ether oxygens (including phenoxy) is 1. The molecule has 3 heteroatoms. The van der Waals surface area contributed by atoms with Crippen molar-refractivity contribution in [2.75, 3.05) is 7.11 Å². The van der Waals surface area contributed by atoms with Crippen molar-refractivity contribution >= 4 is 5.97 Å². The highest BCUT2D eigenvalue weighted by Gasteiger charge is 2.15. The minimum atomic E-state index is -0.653. The summed E-state index contributed by atoms with van der Waals surface area (Å²) < 4.78 is 4.25. The second-order valence-corrected chi connectivity index (χ2v) is 1.33. The average molecular weight is 113 g/mol. The van der Waals surface area contributed by atoms with Crippen LogP contribution in [-0.2, 0) is 9.53 Å². The molecule has 0 radical (unpaired) electrons. The van der Waals surface area contributed by atoms with Crippen molar-refractivity contribution in [3.8, 4) is 0 Å². The summed E-state index contributed by atoms with van der Waals surface area (Å²) in [5.74, 6) is -0.472. The van der Waals surface area contributed by atoms with E-state index in [0.717, 1.165) is 0 Å². The van der Waals surface area contributed by atoms with Gasteiger partial charge in [0, 0.05) is 6.92 Å². The lowest BCUT2D eigenvalue weighted by Gasteiger charge is -1.92.